The lowest BCUT2D eigenvalue weighted by Crippen LogP contribution is -2.38. The second-order valence-electron chi connectivity index (χ2n) is 4.15. The Balaban J connectivity index is 2.04. The van der Waals surface area contributed by atoms with Gasteiger partial charge < -0.3 is 4.74 Å². The minimum Gasteiger partial charge on any atom is -0.376 e. The molecule has 0 bridgehead atoms. The van der Waals surface area contributed by atoms with E-state index in [0.717, 1.165) is 6.54 Å². The fourth-order valence-electron chi connectivity index (χ4n) is 2.31. The Labute approximate surface area is 85.1 Å². The summed E-state index contributed by atoms with van der Waals surface area (Å²) in [5.41, 5.74) is 0.0459. The lowest BCUT2D eigenvalue weighted by molar-refractivity contribution is -0.0540. The lowest BCUT2D eigenvalue weighted by atomic mass is 9.84. The SMILES string of the molecule is COC1(Cn2cccn2)CCCCC1. The molecule has 1 aromatic heterocycles. The molecule has 3 nitrogen and oxygen atoms in total. The number of nitrogens with zero attached hydrogens (tertiary/aromatic N) is 2. The van der Waals surface area contributed by atoms with E-state index < -0.39 is 0 Å². The first-order valence-electron chi connectivity index (χ1n) is 5.37. The number of hydrogen-bond donors (Lipinski definition) is 0. The summed E-state index contributed by atoms with van der Waals surface area (Å²) in [6, 6.07) is 1.96. The van der Waals surface area contributed by atoms with Crippen molar-refractivity contribution in [2.24, 2.45) is 0 Å². The van der Waals surface area contributed by atoms with Gasteiger partial charge in [-0.05, 0) is 18.9 Å². The first kappa shape index (κ1) is 9.71. The zero-order chi connectivity index (χ0) is 9.86. The second kappa shape index (κ2) is 4.13. The maximum absolute atomic E-state index is 5.69. The molecule has 3 heteroatoms. The van der Waals surface area contributed by atoms with Gasteiger partial charge in [-0.25, -0.2) is 0 Å². The van der Waals surface area contributed by atoms with Gasteiger partial charge in [-0.3, -0.25) is 4.68 Å². The van der Waals surface area contributed by atoms with Gasteiger partial charge in [0.2, 0.25) is 0 Å². The summed E-state index contributed by atoms with van der Waals surface area (Å²) in [5, 5.41) is 4.24. The molecule has 0 N–H and O–H groups in total. The van der Waals surface area contributed by atoms with Crippen molar-refractivity contribution >= 4 is 0 Å². The van der Waals surface area contributed by atoms with Crippen molar-refractivity contribution in [2.75, 3.05) is 7.11 Å². The van der Waals surface area contributed by atoms with Crippen LogP contribution in [0.25, 0.3) is 0 Å². The van der Waals surface area contributed by atoms with Crippen LogP contribution in [0.2, 0.25) is 0 Å². The van der Waals surface area contributed by atoms with Crippen LogP contribution in [0, 0.1) is 0 Å². The fourth-order valence-corrected chi connectivity index (χ4v) is 2.31. The van der Waals surface area contributed by atoms with Crippen molar-refractivity contribution in [3.63, 3.8) is 0 Å². The van der Waals surface area contributed by atoms with Crippen LogP contribution in [0.15, 0.2) is 18.5 Å². The predicted octanol–water partition coefficient (Wildman–Crippen LogP) is 2.23. The van der Waals surface area contributed by atoms with E-state index in [1.807, 2.05) is 30.3 Å². The molecule has 0 saturated heterocycles. The quantitative estimate of drug-likeness (QED) is 0.737. The van der Waals surface area contributed by atoms with Crippen molar-refractivity contribution in [3.8, 4) is 0 Å². The Morgan fingerprint density at radius 3 is 2.71 bits per heavy atom. The maximum Gasteiger partial charge on any atom is 0.0873 e. The van der Waals surface area contributed by atoms with Crippen molar-refractivity contribution in [1.82, 2.24) is 9.78 Å². The van der Waals surface area contributed by atoms with Gasteiger partial charge in [-0.1, -0.05) is 19.3 Å². The van der Waals surface area contributed by atoms with Gasteiger partial charge >= 0.3 is 0 Å². The summed E-state index contributed by atoms with van der Waals surface area (Å²) in [5.74, 6) is 0. The van der Waals surface area contributed by atoms with Gasteiger partial charge in [0.15, 0.2) is 0 Å². The molecule has 0 radical (unpaired) electrons. The molecule has 1 heterocycles. The third kappa shape index (κ3) is 1.98. The standard InChI is InChI=1S/C11H18N2O/c1-14-11(6-3-2-4-7-11)10-13-9-5-8-12-13/h5,8-9H,2-4,6-7,10H2,1H3. The topological polar surface area (TPSA) is 27.1 Å². The molecular formula is C11H18N2O. The molecule has 0 atom stereocenters. The summed E-state index contributed by atoms with van der Waals surface area (Å²) in [7, 11) is 1.83. The zero-order valence-electron chi connectivity index (χ0n) is 8.78. The minimum atomic E-state index is 0.0459. The van der Waals surface area contributed by atoms with E-state index >= 15 is 0 Å². The van der Waals surface area contributed by atoms with Crippen LogP contribution in [0.1, 0.15) is 32.1 Å². The summed E-state index contributed by atoms with van der Waals surface area (Å²) >= 11 is 0. The van der Waals surface area contributed by atoms with Crippen LogP contribution in [0.5, 0.6) is 0 Å². The molecule has 0 amide bonds. The highest BCUT2D eigenvalue weighted by molar-refractivity contribution is 4.87. The van der Waals surface area contributed by atoms with E-state index in [9.17, 15) is 0 Å². The van der Waals surface area contributed by atoms with Crippen LogP contribution < -0.4 is 0 Å². The number of aromatic nitrogens is 2. The summed E-state index contributed by atoms with van der Waals surface area (Å²) in [6.45, 7) is 0.899. The van der Waals surface area contributed by atoms with Gasteiger partial charge in [-0.15, -0.1) is 0 Å². The van der Waals surface area contributed by atoms with Crippen LogP contribution >= 0.6 is 0 Å². The van der Waals surface area contributed by atoms with Crippen molar-refractivity contribution < 1.29 is 4.74 Å². The Hall–Kier alpha value is -0.830. The highest BCUT2D eigenvalue weighted by Crippen LogP contribution is 2.32. The Bertz CT molecular complexity index is 263. The van der Waals surface area contributed by atoms with Crippen LogP contribution in [-0.4, -0.2) is 22.5 Å². The van der Waals surface area contributed by atoms with E-state index in [1.54, 1.807) is 0 Å². The van der Waals surface area contributed by atoms with Gasteiger partial charge in [-0.2, -0.15) is 5.10 Å². The highest BCUT2D eigenvalue weighted by atomic mass is 16.5. The van der Waals surface area contributed by atoms with E-state index in [1.165, 1.54) is 32.1 Å². The molecule has 1 aromatic rings. The molecule has 0 spiro atoms. The van der Waals surface area contributed by atoms with Gasteiger partial charge in [0, 0.05) is 19.5 Å². The molecule has 2 rings (SSSR count). The third-order valence-corrected chi connectivity index (χ3v) is 3.21. The molecule has 1 saturated carbocycles. The second-order valence-corrected chi connectivity index (χ2v) is 4.15. The van der Waals surface area contributed by atoms with Crippen molar-refractivity contribution in [1.29, 1.82) is 0 Å². The monoisotopic (exact) mass is 194 g/mol. The fraction of sp³-hybridized carbons (Fsp3) is 0.727. The van der Waals surface area contributed by atoms with Crippen LogP contribution in [0.3, 0.4) is 0 Å². The Morgan fingerprint density at radius 2 is 2.14 bits per heavy atom. The van der Waals surface area contributed by atoms with E-state index in [0.29, 0.717) is 0 Å². The lowest BCUT2D eigenvalue weighted by Gasteiger charge is -2.35. The van der Waals surface area contributed by atoms with Gasteiger partial charge in [0.1, 0.15) is 0 Å². The summed E-state index contributed by atoms with van der Waals surface area (Å²) in [6.07, 6.45) is 10.1. The number of rotatable bonds is 3. The molecule has 0 aliphatic heterocycles. The maximum atomic E-state index is 5.69. The molecule has 1 fully saturated rings. The predicted molar refractivity (Wildman–Crippen MR) is 55.1 cm³/mol. The normalized spacial score (nSPS) is 20.9. The third-order valence-electron chi connectivity index (χ3n) is 3.21. The average molecular weight is 194 g/mol. The largest absolute Gasteiger partial charge is 0.376 e. The van der Waals surface area contributed by atoms with Crippen molar-refractivity contribution in [2.45, 2.75) is 44.2 Å². The van der Waals surface area contributed by atoms with E-state index in [2.05, 4.69) is 5.10 Å². The van der Waals surface area contributed by atoms with Gasteiger partial charge in [0.25, 0.3) is 0 Å². The number of ether oxygens (including phenoxy) is 1. The summed E-state index contributed by atoms with van der Waals surface area (Å²) in [4.78, 5) is 0. The smallest absolute Gasteiger partial charge is 0.0873 e. The zero-order valence-corrected chi connectivity index (χ0v) is 8.78. The Kier molecular flexibility index (Phi) is 2.87. The van der Waals surface area contributed by atoms with E-state index in [-0.39, 0.29) is 5.60 Å². The molecule has 78 valence electrons. The number of hydrogen-bond acceptors (Lipinski definition) is 2. The molecule has 0 aromatic carbocycles. The molecule has 14 heavy (non-hydrogen) atoms. The first-order valence-corrected chi connectivity index (χ1v) is 5.37. The number of methoxy groups -OCH3 is 1. The molecule has 1 aliphatic carbocycles. The molecular weight excluding hydrogens is 176 g/mol. The van der Waals surface area contributed by atoms with Crippen LogP contribution in [-0.2, 0) is 11.3 Å². The molecule has 1 aliphatic rings. The average Bonchev–Trinajstić information content (AvgIpc) is 2.72. The first-order chi connectivity index (χ1) is 6.85. The Morgan fingerprint density at radius 1 is 1.36 bits per heavy atom. The highest BCUT2D eigenvalue weighted by Gasteiger charge is 2.32. The van der Waals surface area contributed by atoms with Crippen LogP contribution in [0.4, 0.5) is 0 Å². The van der Waals surface area contributed by atoms with Crippen molar-refractivity contribution in [3.05, 3.63) is 18.5 Å². The molecule has 0 unspecified atom stereocenters. The summed E-state index contributed by atoms with van der Waals surface area (Å²) < 4.78 is 7.67. The minimum absolute atomic E-state index is 0.0459. The van der Waals surface area contributed by atoms with Gasteiger partial charge in [0.05, 0.1) is 12.1 Å². The van der Waals surface area contributed by atoms with E-state index in [4.69, 9.17) is 4.74 Å².